The molecule has 0 saturated heterocycles. The maximum atomic E-state index is 13.5. The highest BCUT2D eigenvalue weighted by molar-refractivity contribution is 5.82. The third-order valence-electron chi connectivity index (χ3n) is 6.35. The van der Waals surface area contributed by atoms with Crippen LogP contribution in [0, 0.1) is 17.2 Å². The van der Waals surface area contributed by atoms with Crippen LogP contribution in [-0.2, 0) is 32.0 Å². The van der Waals surface area contributed by atoms with Gasteiger partial charge in [-0.3, -0.25) is 4.79 Å². The number of nitrogens with one attached hydrogen (secondary N) is 2. The molecule has 0 bridgehead atoms. The molecule has 8 nitrogen and oxygen atoms in total. The monoisotopic (exact) mass is 475 g/mol. The first kappa shape index (κ1) is 24.1. The van der Waals surface area contributed by atoms with Crippen molar-refractivity contribution in [3.05, 3.63) is 83.8 Å². The summed E-state index contributed by atoms with van der Waals surface area (Å²) in [5, 5.41) is 16.0. The van der Waals surface area contributed by atoms with E-state index in [1.165, 1.54) is 6.26 Å². The Hall–Kier alpha value is -3.99. The van der Waals surface area contributed by atoms with Crippen molar-refractivity contribution in [2.45, 2.75) is 50.3 Å². The van der Waals surface area contributed by atoms with Crippen molar-refractivity contribution < 1.29 is 23.8 Å². The molecule has 0 radical (unpaired) electrons. The van der Waals surface area contributed by atoms with Gasteiger partial charge in [-0.15, -0.1) is 0 Å². The van der Waals surface area contributed by atoms with Crippen molar-refractivity contribution >= 4 is 12.0 Å². The lowest BCUT2D eigenvalue weighted by Gasteiger charge is -2.34. The van der Waals surface area contributed by atoms with Gasteiger partial charge in [0.15, 0.2) is 11.3 Å². The van der Waals surface area contributed by atoms with Crippen molar-refractivity contribution in [2.24, 2.45) is 5.92 Å². The van der Waals surface area contributed by atoms with Gasteiger partial charge in [-0.1, -0.05) is 73.5 Å². The molecule has 1 saturated carbocycles. The number of rotatable bonds is 8. The maximum Gasteiger partial charge on any atom is 0.407 e. The van der Waals surface area contributed by atoms with Crippen LogP contribution < -0.4 is 10.6 Å². The molecule has 0 spiro atoms. The van der Waals surface area contributed by atoms with Gasteiger partial charge in [0.25, 0.3) is 0 Å². The van der Waals surface area contributed by atoms with E-state index in [-0.39, 0.29) is 31.5 Å². The smallest absolute Gasteiger partial charge is 0.407 e. The fourth-order valence-electron chi connectivity index (χ4n) is 4.52. The normalized spacial score (nSPS) is 20.7. The quantitative estimate of drug-likeness (QED) is 0.599. The molecule has 0 aromatic heterocycles. The molecule has 35 heavy (non-hydrogen) atoms. The van der Waals surface area contributed by atoms with Gasteiger partial charge in [0.2, 0.25) is 12.7 Å². The highest BCUT2D eigenvalue weighted by Gasteiger charge is 2.43. The summed E-state index contributed by atoms with van der Waals surface area (Å²) in [6, 6.07) is 20.7. The summed E-state index contributed by atoms with van der Waals surface area (Å²) in [4.78, 5) is 26.0. The number of nitriles is 1. The van der Waals surface area contributed by atoms with Crippen LogP contribution in [0.4, 0.5) is 4.79 Å². The number of nitrogens with zero attached hydrogens (tertiary/aromatic N) is 1. The Morgan fingerprint density at radius 2 is 1.71 bits per heavy atom. The van der Waals surface area contributed by atoms with E-state index in [0.717, 1.165) is 24.0 Å². The van der Waals surface area contributed by atoms with Crippen LogP contribution in [0.2, 0.25) is 0 Å². The van der Waals surface area contributed by atoms with Crippen LogP contribution in [0.5, 0.6) is 0 Å². The average molecular weight is 476 g/mol. The zero-order chi connectivity index (χ0) is 24.5. The predicted molar refractivity (Wildman–Crippen MR) is 127 cm³/mol. The lowest BCUT2D eigenvalue weighted by molar-refractivity contribution is -0.128. The number of alkyl carbamates (subject to hydrolysis) is 1. The summed E-state index contributed by atoms with van der Waals surface area (Å²) < 4.78 is 16.1. The van der Waals surface area contributed by atoms with Crippen LogP contribution in [0.1, 0.15) is 36.8 Å². The second kappa shape index (κ2) is 11.4. The van der Waals surface area contributed by atoms with Crippen molar-refractivity contribution in [3.63, 3.8) is 0 Å². The molecule has 2 aliphatic rings. The van der Waals surface area contributed by atoms with Crippen molar-refractivity contribution in [2.75, 3.05) is 6.79 Å². The van der Waals surface area contributed by atoms with E-state index in [1.54, 1.807) is 0 Å². The van der Waals surface area contributed by atoms with Crippen LogP contribution in [0.15, 0.2) is 72.7 Å². The molecule has 2 amide bonds. The first-order chi connectivity index (χ1) is 17.1. The summed E-state index contributed by atoms with van der Waals surface area (Å²) >= 11 is 0. The molecule has 2 aromatic rings. The molecule has 2 N–H and O–H groups in total. The molecule has 1 aliphatic carbocycles. The number of hydrogen-bond donors (Lipinski definition) is 2. The van der Waals surface area contributed by atoms with Crippen molar-refractivity contribution in [1.82, 2.24) is 10.6 Å². The van der Waals surface area contributed by atoms with Crippen molar-refractivity contribution in [1.29, 1.82) is 5.26 Å². The number of ether oxygens (including phenoxy) is 3. The van der Waals surface area contributed by atoms with Gasteiger partial charge in [-0.05, 0) is 24.0 Å². The summed E-state index contributed by atoms with van der Waals surface area (Å²) in [6.07, 6.45) is 4.03. The van der Waals surface area contributed by atoms with Crippen LogP contribution in [0.25, 0.3) is 0 Å². The van der Waals surface area contributed by atoms with Crippen LogP contribution >= 0.6 is 0 Å². The van der Waals surface area contributed by atoms with Gasteiger partial charge in [0.05, 0.1) is 12.0 Å². The third kappa shape index (κ3) is 6.12. The van der Waals surface area contributed by atoms with E-state index in [0.29, 0.717) is 12.8 Å². The Kier molecular flexibility index (Phi) is 7.88. The van der Waals surface area contributed by atoms with Gasteiger partial charge < -0.3 is 24.8 Å². The minimum atomic E-state index is -1.43. The Morgan fingerprint density at radius 1 is 1.03 bits per heavy atom. The minimum Gasteiger partial charge on any atom is -0.461 e. The third-order valence-corrected chi connectivity index (χ3v) is 6.35. The lowest BCUT2D eigenvalue weighted by atomic mass is 9.82. The maximum absolute atomic E-state index is 13.5. The SMILES string of the molecule is N#CC(Cc1ccccc1)(NC(=O)C1CCCCC1NC(=O)OCc1ccccc1)C1=COCO1. The highest BCUT2D eigenvalue weighted by Crippen LogP contribution is 2.30. The molecule has 1 aliphatic heterocycles. The Morgan fingerprint density at radius 3 is 2.37 bits per heavy atom. The average Bonchev–Trinajstić information content (AvgIpc) is 3.44. The summed E-state index contributed by atoms with van der Waals surface area (Å²) in [5.41, 5.74) is 0.325. The molecule has 2 aromatic carbocycles. The Bertz CT molecular complexity index is 1080. The fraction of sp³-hybridized carbons (Fsp3) is 0.370. The Balaban J connectivity index is 1.45. The first-order valence-electron chi connectivity index (χ1n) is 11.8. The summed E-state index contributed by atoms with van der Waals surface area (Å²) in [5.74, 6) is -0.550. The van der Waals surface area contributed by atoms with Gasteiger partial charge in [0, 0.05) is 12.5 Å². The first-order valence-corrected chi connectivity index (χ1v) is 11.8. The number of hydrogen-bond acceptors (Lipinski definition) is 6. The lowest BCUT2D eigenvalue weighted by Crippen LogP contribution is -2.56. The molecule has 4 rings (SSSR count). The predicted octanol–water partition coefficient (Wildman–Crippen LogP) is 3.94. The van der Waals surface area contributed by atoms with Gasteiger partial charge in [-0.2, -0.15) is 5.26 Å². The molecule has 3 atom stereocenters. The molecule has 1 fully saturated rings. The number of carbonyl (C=O) groups is 2. The second-order valence-corrected chi connectivity index (χ2v) is 8.78. The fourth-order valence-corrected chi connectivity index (χ4v) is 4.52. The molecule has 1 heterocycles. The van der Waals surface area contributed by atoms with E-state index in [1.807, 2.05) is 60.7 Å². The number of amides is 2. The van der Waals surface area contributed by atoms with Crippen LogP contribution in [-0.4, -0.2) is 30.4 Å². The molecular weight excluding hydrogens is 446 g/mol. The highest BCUT2D eigenvalue weighted by atomic mass is 16.7. The number of benzene rings is 2. The van der Waals surface area contributed by atoms with E-state index < -0.39 is 23.6 Å². The zero-order valence-corrected chi connectivity index (χ0v) is 19.4. The van der Waals surface area contributed by atoms with Gasteiger partial charge in [0.1, 0.15) is 12.9 Å². The number of carbonyl (C=O) groups excluding carboxylic acids is 2. The van der Waals surface area contributed by atoms with Gasteiger partial charge in [-0.25, -0.2) is 4.79 Å². The minimum absolute atomic E-state index is 0.00964. The Labute approximate surface area is 204 Å². The molecule has 182 valence electrons. The standard InChI is InChI=1S/C27H29N3O5/c28-18-27(24-17-33-19-35-24,15-20-9-3-1-4-10-20)30-25(31)22-13-7-8-14-23(22)29-26(32)34-16-21-11-5-2-6-12-21/h1-6,9-12,17,22-23H,7-8,13-16,19H2,(H,29,32)(H,30,31). The van der Waals surface area contributed by atoms with E-state index in [9.17, 15) is 14.9 Å². The molecule has 8 heteroatoms. The largest absolute Gasteiger partial charge is 0.461 e. The zero-order valence-electron chi connectivity index (χ0n) is 19.4. The van der Waals surface area contributed by atoms with Crippen molar-refractivity contribution in [3.8, 4) is 6.07 Å². The summed E-state index contributed by atoms with van der Waals surface area (Å²) in [7, 11) is 0. The second-order valence-electron chi connectivity index (χ2n) is 8.78. The summed E-state index contributed by atoms with van der Waals surface area (Å²) in [6.45, 7) is 0.140. The van der Waals surface area contributed by atoms with Crippen LogP contribution in [0.3, 0.4) is 0 Å². The van der Waals surface area contributed by atoms with E-state index in [2.05, 4.69) is 16.7 Å². The molecule has 3 unspecified atom stereocenters. The van der Waals surface area contributed by atoms with E-state index in [4.69, 9.17) is 14.2 Å². The van der Waals surface area contributed by atoms with E-state index >= 15 is 0 Å². The molecular formula is C27H29N3O5. The topological polar surface area (TPSA) is 110 Å². The van der Waals surface area contributed by atoms with Gasteiger partial charge >= 0.3 is 6.09 Å².